The molecule has 1 aliphatic carbocycles. The smallest absolute Gasteiger partial charge is 0.404 e. The van der Waals surface area contributed by atoms with Crippen LogP contribution in [-0.4, -0.2) is 44.4 Å². The number of amides is 2. The Kier molecular flexibility index (Phi) is 6.05. The molecule has 0 radical (unpaired) electrons. The van der Waals surface area contributed by atoms with Crippen molar-refractivity contribution in [2.75, 3.05) is 10.6 Å². The molecule has 3 rings (SSSR count). The highest BCUT2D eigenvalue weighted by Crippen LogP contribution is 2.25. The lowest BCUT2D eigenvalue weighted by Gasteiger charge is -2.32. The second kappa shape index (κ2) is 8.67. The standard InChI is InChI=1S/C18H22FN7O3/c1-9-10(19)6-7-14(21-9)23-13-8-15(25-26-16(13)17(20)27)22-11-4-2-3-5-12(11)24-18(28)29/h6-8,11-12,24H,2-5H2,1H3,(H2,20,27)(H,28,29)(H2,21,22,23,25). The second-order valence-corrected chi connectivity index (χ2v) is 6.84. The van der Waals surface area contributed by atoms with E-state index in [1.165, 1.54) is 19.1 Å². The number of carbonyl (C=O) groups is 2. The highest BCUT2D eigenvalue weighted by atomic mass is 19.1. The average Bonchev–Trinajstić information content (AvgIpc) is 2.66. The lowest BCUT2D eigenvalue weighted by atomic mass is 9.90. The van der Waals surface area contributed by atoms with Crippen molar-refractivity contribution in [2.45, 2.75) is 44.7 Å². The van der Waals surface area contributed by atoms with Crippen LogP contribution in [0.3, 0.4) is 0 Å². The van der Waals surface area contributed by atoms with Crippen LogP contribution in [0.2, 0.25) is 0 Å². The van der Waals surface area contributed by atoms with Crippen LogP contribution >= 0.6 is 0 Å². The summed E-state index contributed by atoms with van der Waals surface area (Å²) in [6.07, 6.45) is 2.26. The van der Waals surface area contributed by atoms with E-state index in [4.69, 9.17) is 10.8 Å². The van der Waals surface area contributed by atoms with Crippen molar-refractivity contribution in [1.82, 2.24) is 20.5 Å². The van der Waals surface area contributed by atoms with Gasteiger partial charge in [-0.2, -0.15) is 0 Å². The Hall–Kier alpha value is -3.50. The van der Waals surface area contributed by atoms with Crippen molar-refractivity contribution < 1.29 is 19.1 Å². The molecular weight excluding hydrogens is 381 g/mol. The molecule has 0 bridgehead atoms. The largest absolute Gasteiger partial charge is 0.465 e. The average molecular weight is 403 g/mol. The summed E-state index contributed by atoms with van der Waals surface area (Å²) in [5.41, 5.74) is 5.73. The van der Waals surface area contributed by atoms with Crippen molar-refractivity contribution in [3.63, 3.8) is 0 Å². The van der Waals surface area contributed by atoms with Gasteiger partial charge in [-0.1, -0.05) is 12.8 Å². The normalized spacial score (nSPS) is 18.7. The summed E-state index contributed by atoms with van der Waals surface area (Å²) >= 11 is 0. The predicted molar refractivity (Wildman–Crippen MR) is 104 cm³/mol. The number of carboxylic acid groups (broad SMARTS) is 1. The maximum atomic E-state index is 13.5. The number of hydrogen-bond donors (Lipinski definition) is 5. The Morgan fingerprint density at radius 3 is 2.55 bits per heavy atom. The lowest BCUT2D eigenvalue weighted by molar-refractivity contribution is 0.0995. The molecule has 2 amide bonds. The minimum atomic E-state index is -1.08. The van der Waals surface area contributed by atoms with Crippen LogP contribution in [0.15, 0.2) is 18.2 Å². The number of carbonyl (C=O) groups excluding carboxylic acids is 1. The molecule has 1 aliphatic rings. The number of pyridine rings is 1. The van der Waals surface area contributed by atoms with Crippen LogP contribution in [0, 0.1) is 12.7 Å². The first-order valence-corrected chi connectivity index (χ1v) is 9.17. The number of anilines is 3. The molecular formula is C18H22FN7O3. The molecule has 1 fully saturated rings. The fourth-order valence-electron chi connectivity index (χ4n) is 3.32. The maximum Gasteiger partial charge on any atom is 0.404 e. The molecule has 11 heteroatoms. The minimum Gasteiger partial charge on any atom is -0.465 e. The Morgan fingerprint density at radius 2 is 1.90 bits per heavy atom. The third-order valence-electron chi connectivity index (χ3n) is 4.72. The van der Waals surface area contributed by atoms with Gasteiger partial charge < -0.3 is 26.8 Å². The maximum absolute atomic E-state index is 13.5. The van der Waals surface area contributed by atoms with E-state index >= 15 is 0 Å². The van der Waals surface area contributed by atoms with Crippen molar-refractivity contribution >= 4 is 29.3 Å². The van der Waals surface area contributed by atoms with Crippen LogP contribution in [0.5, 0.6) is 0 Å². The Balaban J connectivity index is 1.84. The van der Waals surface area contributed by atoms with Crippen LogP contribution in [0.1, 0.15) is 41.9 Å². The van der Waals surface area contributed by atoms with E-state index in [1.54, 1.807) is 6.07 Å². The summed E-state index contributed by atoms with van der Waals surface area (Å²) in [5.74, 6) is -0.572. The first-order valence-electron chi connectivity index (χ1n) is 9.17. The highest BCUT2D eigenvalue weighted by molar-refractivity contribution is 5.97. The first-order chi connectivity index (χ1) is 13.8. The minimum absolute atomic E-state index is 0.0943. The summed E-state index contributed by atoms with van der Waals surface area (Å²) in [7, 11) is 0. The van der Waals surface area contributed by atoms with E-state index in [1.807, 2.05) is 0 Å². The second-order valence-electron chi connectivity index (χ2n) is 6.84. The number of halogens is 1. The molecule has 0 aromatic carbocycles. The van der Waals surface area contributed by atoms with E-state index in [-0.39, 0.29) is 29.2 Å². The van der Waals surface area contributed by atoms with Gasteiger partial charge in [0.05, 0.1) is 17.4 Å². The number of nitrogens with two attached hydrogens (primary N) is 1. The van der Waals surface area contributed by atoms with Gasteiger partial charge in [0.25, 0.3) is 5.91 Å². The van der Waals surface area contributed by atoms with Crippen molar-refractivity contribution in [3.8, 4) is 0 Å². The van der Waals surface area contributed by atoms with Gasteiger partial charge in [0, 0.05) is 12.1 Å². The molecule has 0 spiro atoms. The molecule has 2 heterocycles. The number of hydrogen-bond acceptors (Lipinski definition) is 7. The third kappa shape index (κ3) is 5.06. The molecule has 29 heavy (non-hydrogen) atoms. The number of rotatable bonds is 6. The number of nitrogens with zero attached hydrogens (tertiary/aromatic N) is 3. The van der Waals surface area contributed by atoms with Crippen LogP contribution in [-0.2, 0) is 0 Å². The molecule has 0 aliphatic heterocycles. The van der Waals surface area contributed by atoms with Gasteiger partial charge in [0.15, 0.2) is 11.5 Å². The molecule has 2 unspecified atom stereocenters. The summed E-state index contributed by atoms with van der Waals surface area (Å²) in [5, 5.41) is 25.5. The zero-order chi connectivity index (χ0) is 21.0. The van der Waals surface area contributed by atoms with Crippen LogP contribution in [0.4, 0.5) is 26.5 Å². The molecule has 2 atom stereocenters. The summed E-state index contributed by atoms with van der Waals surface area (Å²) < 4.78 is 13.5. The van der Waals surface area contributed by atoms with Gasteiger partial charge in [0.2, 0.25) is 0 Å². The molecule has 1 saturated carbocycles. The topological polar surface area (TPSA) is 155 Å². The van der Waals surface area contributed by atoms with Crippen molar-refractivity contribution in [1.29, 1.82) is 0 Å². The molecule has 6 N–H and O–H groups in total. The third-order valence-corrected chi connectivity index (χ3v) is 4.72. The molecule has 2 aromatic rings. The van der Waals surface area contributed by atoms with E-state index in [0.717, 1.165) is 19.3 Å². The SMILES string of the molecule is Cc1nc(Nc2cc(NC3CCCCC3NC(=O)O)nnc2C(N)=O)ccc1F. The van der Waals surface area contributed by atoms with Gasteiger partial charge >= 0.3 is 6.09 Å². The first kappa shape index (κ1) is 20.2. The quantitative estimate of drug-likeness (QED) is 0.491. The number of primary amides is 1. The zero-order valence-electron chi connectivity index (χ0n) is 15.8. The highest BCUT2D eigenvalue weighted by Gasteiger charge is 2.27. The predicted octanol–water partition coefficient (Wildman–Crippen LogP) is 2.15. The Morgan fingerprint density at radius 1 is 1.17 bits per heavy atom. The van der Waals surface area contributed by atoms with Gasteiger partial charge in [0.1, 0.15) is 11.6 Å². The zero-order valence-corrected chi connectivity index (χ0v) is 15.8. The Bertz CT molecular complexity index is 924. The van der Waals surface area contributed by atoms with Gasteiger partial charge in [-0.05, 0) is 31.9 Å². The summed E-state index contributed by atoms with van der Waals surface area (Å²) in [4.78, 5) is 26.8. The fraction of sp³-hybridized carbons (Fsp3) is 0.389. The van der Waals surface area contributed by atoms with Gasteiger partial charge in [-0.25, -0.2) is 14.2 Å². The molecule has 10 nitrogen and oxygen atoms in total. The fourth-order valence-corrected chi connectivity index (χ4v) is 3.32. The van der Waals surface area contributed by atoms with Crippen LogP contribution in [0.25, 0.3) is 0 Å². The van der Waals surface area contributed by atoms with E-state index in [0.29, 0.717) is 18.1 Å². The van der Waals surface area contributed by atoms with Crippen LogP contribution < -0.4 is 21.7 Å². The number of nitrogens with one attached hydrogen (secondary N) is 3. The Labute approximate surface area is 166 Å². The molecule has 154 valence electrons. The van der Waals surface area contributed by atoms with E-state index < -0.39 is 17.8 Å². The van der Waals surface area contributed by atoms with Gasteiger partial charge in [-0.15, -0.1) is 10.2 Å². The monoisotopic (exact) mass is 403 g/mol. The number of aryl methyl sites for hydroxylation is 1. The molecule has 0 saturated heterocycles. The van der Waals surface area contributed by atoms with Crippen molar-refractivity contribution in [2.24, 2.45) is 5.73 Å². The summed E-state index contributed by atoms with van der Waals surface area (Å²) in [6, 6.07) is 3.78. The van der Waals surface area contributed by atoms with Crippen molar-refractivity contribution in [3.05, 3.63) is 35.4 Å². The van der Waals surface area contributed by atoms with E-state index in [2.05, 4.69) is 31.1 Å². The molecule has 2 aromatic heterocycles. The number of aromatic nitrogens is 3. The summed E-state index contributed by atoms with van der Waals surface area (Å²) in [6.45, 7) is 1.52. The van der Waals surface area contributed by atoms with Gasteiger partial charge in [-0.3, -0.25) is 4.79 Å². The van der Waals surface area contributed by atoms with E-state index in [9.17, 15) is 14.0 Å². The lowest BCUT2D eigenvalue weighted by Crippen LogP contribution is -2.48.